The van der Waals surface area contributed by atoms with E-state index in [1.807, 2.05) is 18.2 Å². The van der Waals surface area contributed by atoms with Crippen LogP contribution in [0.25, 0.3) is 0 Å². The summed E-state index contributed by atoms with van der Waals surface area (Å²) < 4.78 is 10.9. The Morgan fingerprint density at radius 3 is 2.62 bits per heavy atom. The monoisotopic (exact) mass is 306 g/mol. The summed E-state index contributed by atoms with van der Waals surface area (Å²) in [5.74, 6) is 1.49. The lowest BCUT2D eigenvalue weighted by atomic mass is 10.0. The molecule has 0 radical (unpaired) electrons. The zero-order chi connectivity index (χ0) is 15.2. The van der Waals surface area contributed by atoms with Crippen molar-refractivity contribution in [2.75, 3.05) is 27.8 Å². The van der Waals surface area contributed by atoms with E-state index in [4.69, 9.17) is 15.2 Å². The minimum atomic E-state index is 0.0787. The van der Waals surface area contributed by atoms with E-state index in [-0.39, 0.29) is 6.04 Å². The largest absolute Gasteiger partial charge is 0.493 e. The molecule has 1 atom stereocenters. The molecule has 0 aliphatic rings. The SMILES string of the molecule is COc1cccc(C(CN)N(C)Cc2ccsc2)c1OC. The van der Waals surface area contributed by atoms with Crippen molar-refractivity contribution in [1.82, 2.24) is 4.90 Å². The third-order valence-electron chi connectivity index (χ3n) is 3.56. The number of benzene rings is 1. The Hall–Kier alpha value is -1.56. The van der Waals surface area contributed by atoms with Gasteiger partial charge in [-0.3, -0.25) is 4.90 Å². The number of nitrogens with zero attached hydrogens (tertiary/aromatic N) is 1. The van der Waals surface area contributed by atoms with Crippen molar-refractivity contribution in [3.63, 3.8) is 0 Å². The summed E-state index contributed by atoms with van der Waals surface area (Å²) in [5.41, 5.74) is 8.36. The number of methoxy groups -OCH3 is 2. The lowest BCUT2D eigenvalue weighted by Crippen LogP contribution is -2.30. The number of rotatable bonds is 7. The molecule has 1 aromatic carbocycles. The molecule has 0 fully saturated rings. The fourth-order valence-electron chi connectivity index (χ4n) is 2.50. The highest BCUT2D eigenvalue weighted by Crippen LogP contribution is 2.36. The molecule has 21 heavy (non-hydrogen) atoms. The van der Waals surface area contributed by atoms with Crippen LogP contribution in [-0.4, -0.2) is 32.7 Å². The summed E-state index contributed by atoms with van der Waals surface area (Å²) in [7, 11) is 5.38. The van der Waals surface area contributed by atoms with E-state index in [1.54, 1.807) is 25.6 Å². The number of likely N-dealkylation sites (N-methyl/N-ethyl adjacent to an activating group) is 1. The zero-order valence-electron chi connectivity index (χ0n) is 12.7. The van der Waals surface area contributed by atoms with Gasteiger partial charge in [-0.1, -0.05) is 12.1 Å². The molecule has 1 unspecified atom stereocenters. The average molecular weight is 306 g/mol. The lowest BCUT2D eigenvalue weighted by Gasteiger charge is -2.28. The Balaban J connectivity index is 2.28. The highest BCUT2D eigenvalue weighted by Gasteiger charge is 2.21. The summed E-state index contributed by atoms with van der Waals surface area (Å²) in [4.78, 5) is 2.24. The van der Waals surface area contributed by atoms with Gasteiger partial charge in [0.1, 0.15) is 0 Å². The molecule has 1 heterocycles. The summed E-state index contributed by atoms with van der Waals surface area (Å²) in [6, 6.07) is 8.13. The molecule has 0 spiro atoms. The van der Waals surface area contributed by atoms with Crippen molar-refractivity contribution in [2.45, 2.75) is 12.6 Å². The molecule has 0 aliphatic carbocycles. The van der Waals surface area contributed by atoms with Gasteiger partial charge in [0.2, 0.25) is 0 Å². The summed E-state index contributed by atoms with van der Waals surface area (Å²) >= 11 is 1.71. The lowest BCUT2D eigenvalue weighted by molar-refractivity contribution is 0.234. The second-order valence-corrected chi connectivity index (χ2v) is 5.66. The number of para-hydroxylation sites is 1. The second kappa shape index (κ2) is 7.45. The predicted octanol–water partition coefficient (Wildman–Crippen LogP) is 2.90. The maximum atomic E-state index is 6.01. The van der Waals surface area contributed by atoms with Crippen molar-refractivity contribution >= 4 is 11.3 Å². The second-order valence-electron chi connectivity index (χ2n) is 4.88. The van der Waals surface area contributed by atoms with Crippen LogP contribution in [0.2, 0.25) is 0 Å². The van der Waals surface area contributed by atoms with Gasteiger partial charge in [-0.2, -0.15) is 11.3 Å². The van der Waals surface area contributed by atoms with Crippen LogP contribution in [-0.2, 0) is 6.54 Å². The van der Waals surface area contributed by atoms with Crippen molar-refractivity contribution in [1.29, 1.82) is 0 Å². The molecular formula is C16H22N2O2S. The topological polar surface area (TPSA) is 47.7 Å². The molecule has 4 nitrogen and oxygen atoms in total. The predicted molar refractivity (Wildman–Crippen MR) is 87.1 cm³/mol. The fraction of sp³-hybridized carbons (Fsp3) is 0.375. The van der Waals surface area contributed by atoms with Crippen LogP contribution in [0.1, 0.15) is 17.2 Å². The van der Waals surface area contributed by atoms with Gasteiger partial charge in [0, 0.05) is 18.7 Å². The van der Waals surface area contributed by atoms with E-state index in [0.717, 1.165) is 23.6 Å². The van der Waals surface area contributed by atoms with E-state index in [1.165, 1.54) is 5.56 Å². The highest BCUT2D eigenvalue weighted by atomic mass is 32.1. The van der Waals surface area contributed by atoms with Crippen LogP contribution in [0, 0.1) is 0 Å². The van der Waals surface area contributed by atoms with E-state index < -0.39 is 0 Å². The Morgan fingerprint density at radius 1 is 1.24 bits per heavy atom. The van der Waals surface area contributed by atoms with Crippen molar-refractivity contribution < 1.29 is 9.47 Å². The first kappa shape index (κ1) is 15.8. The van der Waals surface area contributed by atoms with Gasteiger partial charge in [-0.05, 0) is 35.5 Å². The molecule has 0 amide bonds. The van der Waals surface area contributed by atoms with Crippen LogP contribution in [0.3, 0.4) is 0 Å². The Labute approximate surface area is 130 Å². The molecular weight excluding hydrogens is 284 g/mol. The molecule has 5 heteroatoms. The number of ether oxygens (including phenoxy) is 2. The standard InChI is InChI=1S/C16H22N2O2S/c1-18(10-12-7-8-21-11-12)14(9-17)13-5-4-6-15(19-2)16(13)20-3/h4-8,11,14H,9-10,17H2,1-3H3. The molecule has 0 aliphatic heterocycles. The van der Waals surface area contributed by atoms with E-state index in [2.05, 4.69) is 28.8 Å². The van der Waals surface area contributed by atoms with Crippen molar-refractivity contribution in [2.24, 2.45) is 5.73 Å². The maximum Gasteiger partial charge on any atom is 0.165 e. The molecule has 114 valence electrons. The quantitative estimate of drug-likeness (QED) is 0.854. The van der Waals surface area contributed by atoms with Crippen LogP contribution in [0.15, 0.2) is 35.0 Å². The summed E-state index contributed by atoms with van der Waals surface area (Å²) in [6.45, 7) is 1.37. The maximum absolute atomic E-state index is 6.01. The smallest absolute Gasteiger partial charge is 0.165 e. The van der Waals surface area contributed by atoms with Gasteiger partial charge in [-0.15, -0.1) is 0 Å². The minimum Gasteiger partial charge on any atom is -0.493 e. The Bertz CT molecular complexity index is 557. The number of hydrogen-bond donors (Lipinski definition) is 1. The van der Waals surface area contributed by atoms with Gasteiger partial charge in [0.15, 0.2) is 11.5 Å². The first-order valence-electron chi connectivity index (χ1n) is 6.83. The number of thiophene rings is 1. The molecule has 2 N–H and O–H groups in total. The molecule has 0 saturated heterocycles. The first-order chi connectivity index (χ1) is 10.2. The van der Waals surface area contributed by atoms with E-state index in [0.29, 0.717) is 6.54 Å². The van der Waals surface area contributed by atoms with Crippen LogP contribution >= 0.6 is 11.3 Å². The molecule has 1 aromatic heterocycles. The van der Waals surface area contributed by atoms with Crippen LogP contribution in [0.4, 0.5) is 0 Å². The Morgan fingerprint density at radius 2 is 2.05 bits per heavy atom. The average Bonchev–Trinajstić information content (AvgIpc) is 3.00. The van der Waals surface area contributed by atoms with Gasteiger partial charge in [-0.25, -0.2) is 0 Å². The molecule has 2 aromatic rings. The molecule has 0 saturated carbocycles. The van der Waals surface area contributed by atoms with Crippen LogP contribution in [0.5, 0.6) is 11.5 Å². The van der Waals surface area contributed by atoms with Gasteiger partial charge >= 0.3 is 0 Å². The molecule has 2 rings (SSSR count). The van der Waals surface area contributed by atoms with Gasteiger partial charge in [0.05, 0.1) is 20.3 Å². The number of hydrogen-bond acceptors (Lipinski definition) is 5. The van der Waals surface area contributed by atoms with Crippen molar-refractivity contribution in [3.05, 3.63) is 46.2 Å². The molecule has 0 bridgehead atoms. The first-order valence-corrected chi connectivity index (χ1v) is 7.77. The van der Waals surface area contributed by atoms with Gasteiger partial charge < -0.3 is 15.2 Å². The number of nitrogens with two attached hydrogens (primary N) is 1. The van der Waals surface area contributed by atoms with Crippen LogP contribution < -0.4 is 15.2 Å². The van der Waals surface area contributed by atoms with Gasteiger partial charge in [0.25, 0.3) is 0 Å². The Kier molecular flexibility index (Phi) is 5.61. The summed E-state index contributed by atoms with van der Waals surface area (Å²) in [5, 5.41) is 4.25. The van der Waals surface area contributed by atoms with E-state index >= 15 is 0 Å². The summed E-state index contributed by atoms with van der Waals surface area (Å²) in [6.07, 6.45) is 0. The fourth-order valence-corrected chi connectivity index (χ4v) is 3.16. The third-order valence-corrected chi connectivity index (χ3v) is 4.29. The normalized spacial score (nSPS) is 12.4. The third kappa shape index (κ3) is 3.56. The van der Waals surface area contributed by atoms with Crippen molar-refractivity contribution in [3.8, 4) is 11.5 Å². The minimum absolute atomic E-state index is 0.0787. The van der Waals surface area contributed by atoms with E-state index in [9.17, 15) is 0 Å². The zero-order valence-corrected chi connectivity index (χ0v) is 13.5. The highest BCUT2D eigenvalue weighted by molar-refractivity contribution is 7.07.